The van der Waals surface area contributed by atoms with Gasteiger partial charge in [-0.1, -0.05) is 50.2 Å². The first-order chi connectivity index (χ1) is 14.6. The quantitative estimate of drug-likeness (QED) is 0.669. The molecule has 174 valence electrons. The molecule has 1 heterocycles. The van der Waals surface area contributed by atoms with Crippen LogP contribution in [-0.2, 0) is 16.6 Å². The minimum absolute atomic E-state index is 0. The molecule has 4 nitrogen and oxygen atoms in total. The molecule has 32 heavy (non-hydrogen) atoms. The molecule has 0 radical (unpaired) electrons. The molecule has 0 aromatic heterocycles. The second-order valence-corrected chi connectivity index (χ2v) is 9.15. The van der Waals surface area contributed by atoms with Crippen LogP contribution in [0.1, 0.15) is 36.6 Å². The molecule has 0 bridgehead atoms. The Morgan fingerprint density at radius 2 is 1.75 bits per heavy atom. The van der Waals surface area contributed by atoms with Gasteiger partial charge in [0.25, 0.3) is 0 Å². The van der Waals surface area contributed by atoms with Gasteiger partial charge in [0.2, 0.25) is 5.91 Å². The number of nitrogens with zero attached hydrogens (tertiary/aromatic N) is 1. The zero-order chi connectivity index (χ0) is 22.4. The predicted molar refractivity (Wildman–Crippen MR) is 122 cm³/mol. The molecule has 2 N–H and O–H groups in total. The minimum atomic E-state index is -4.55. The van der Waals surface area contributed by atoms with Crippen LogP contribution in [0.3, 0.4) is 0 Å². The maximum Gasteiger partial charge on any atom is 0.413 e. The first-order valence-corrected chi connectivity index (χ1v) is 10.6. The maximum atomic E-state index is 13.9. The highest BCUT2D eigenvalue weighted by molar-refractivity contribution is 5.85. The van der Waals surface area contributed by atoms with Crippen molar-refractivity contribution in [2.75, 3.05) is 25.5 Å². The van der Waals surface area contributed by atoms with E-state index in [0.717, 1.165) is 17.0 Å². The molecule has 1 amide bonds. The van der Waals surface area contributed by atoms with E-state index in [1.165, 1.54) is 30.3 Å². The van der Waals surface area contributed by atoms with Crippen molar-refractivity contribution in [1.82, 2.24) is 10.2 Å². The third-order valence-electron chi connectivity index (χ3n) is 6.75. The van der Waals surface area contributed by atoms with Crippen molar-refractivity contribution in [1.29, 1.82) is 0 Å². The highest BCUT2D eigenvalue weighted by atomic mass is 35.5. The Morgan fingerprint density at radius 3 is 2.28 bits per heavy atom. The number of carbonyl (C=O) groups is 1. The topological polar surface area (TPSA) is 44.4 Å². The summed E-state index contributed by atoms with van der Waals surface area (Å²) in [6.45, 7) is 5.22. The zero-order valence-corrected chi connectivity index (χ0v) is 19.2. The van der Waals surface area contributed by atoms with Gasteiger partial charge in [-0.15, -0.1) is 12.4 Å². The third-order valence-corrected chi connectivity index (χ3v) is 6.75. The molecule has 1 saturated heterocycles. The zero-order valence-electron chi connectivity index (χ0n) is 18.4. The van der Waals surface area contributed by atoms with Gasteiger partial charge in [-0.3, -0.25) is 4.79 Å². The van der Waals surface area contributed by atoms with Crippen LogP contribution >= 0.6 is 12.4 Å². The van der Waals surface area contributed by atoms with Gasteiger partial charge in [-0.05, 0) is 35.2 Å². The minimum Gasteiger partial charge on any atom is -0.381 e. The van der Waals surface area contributed by atoms with Crippen molar-refractivity contribution in [3.8, 4) is 0 Å². The molecule has 0 spiro atoms. The summed E-state index contributed by atoms with van der Waals surface area (Å²) in [7, 11) is 1.24. The lowest BCUT2D eigenvalue weighted by Gasteiger charge is -2.36. The van der Waals surface area contributed by atoms with Gasteiger partial charge in [0.15, 0.2) is 6.04 Å². The van der Waals surface area contributed by atoms with E-state index in [4.69, 9.17) is 0 Å². The summed E-state index contributed by atoms with van der Waals surface area (Å²) < 4.78 is 41.6. The summed E-state index contributed by atoms with van der Waals surface area (Å²) >= 11 is 0. The number of rotatable bonds is 5. The Morgan fingerprint density at radius 1 is 1.12 bits per heavy atom. The van der Waals surface area contributed by atoms with E-state index in [2.05, 4.69) is 36.6 Å². The molecule has 1 fully saturated rings. The number of hydrogen-bond donors (Lipinski definition) is 2. The van der Waals surface area contributed by atoms with E-state index in [1.807, 2.05) is 12.1 Å². The largest absolute Gasteiger partial charge is 0.413 e. The van der Waals surface area contributed by atoms with Gasteiger partial charge in [-0.25, -0.2) is 0 Å². The summed E-state index contributed by atoms with van der Waals surface area (Å²) in [6, 6.07) is 12.8. The monoisotopic (exact) mass is 467 g/mol. The van der Waals surface area contributed by atoms with E-state index in [-0.39, 0.29) is 35.3 Å². The fraction of sp³-hybridized carbons (Fsp3) is 0.458. The van der Waals surface area contributed by atoms with Crippen molar-refractivity contribution in [2.45, 2.75) is 43.9 Å². The Kier molecular flexibility index (Phi) is 6.82. The molecule has 2 atom stereocenters. The second-order valence-electron chi connectivity index (χ2n) is 9.15. The average molecular weight is 468 g/mol. The van der Waals surface area contributed by atoms with Crippen LogP contribution in [0.4, 0.5) is 18.9 Å². The van der Waals surface area contributed by atoms with Crippen LogP contribution < -0.4 is 10.6 Å². The number of anilines is 1. The van der Waals surface area contributed by atoms with Crippen LogP contribution in [0.5, 0.6) is 0 Å². The van der Waals surface area contributed by atoms with Crippen molar-refractivity contribution in [2.24, 2.45) is 5.92 Å². The molecule has 8 heteroatoms. The van der Waals surface area contributed by atoms with Crippen LogP contribution in [0.2, 0.25) is 0 Å². The van der Waals surface area contributed by atoms with Crippen molar-refractivity contribution in [3.05, 3.63) is 65.2 Å². The number of nitrogens with one attached hydrogen (secondary N) is 2. The normalized spacial score (nSPS) is 20.5. The summed E-state index contributed by atoms with van der Waals surface area (Å²) in [5.41, 5.74) is 3.34. The molecular formula is C24H29ClF3N3O. The molecule has 2 aliphatic rings. The predicted octanol–water partition coefficient (Wildman–Crippen LogP) is 4.70. The van der Waals surface area contributed by atoms with Crippen LogP contribution in [0.15, 0.2) is 48.5 Å². The van der Waals surface area contributed by atoms with E-state index < -0.39 is 18.1 Å². The third kappa shape index (κ3) is 4.46. The summed E-state index contributed by atoms with van der Waals surface area (Å²) in [6.07, 6.45) is -3.69. The van der Waals surface area contributed by atoms with Gasteiger partial charge in [-0.2, -0.15) is 13.2 Å². The molecule has 1 aliphatic heterocycles. The standard InChI is InChI=1S/C24H28F3N3O.ClH/c1-23(2)19-7-5-4-6-16(19)12-20(23)29-18-10-8-15(9-11-18)21(24(25,26)27)30(3)22(31)17-13-28-14-17;/h4-11,17,20-21,28-29H,12-14H2,1-3H3;1H/t20?,21-;/m0./s1. The van der Waals surface area contributed by atoms with Crippen LogP contribution in [0.25, 0.3) is 0 Å². The van der Waals surface area contributed by atoms with E-state index >= 15 is 0 Å². The van der Waals surface area contributed by atoms with Gasteiger partial charge in [0, 0.05) is 37.3 Å². The van der Waals surface area contributed by atoms with Gasteiger partial charge in [0.1, 0.15) is 0 Å². The van der Waals surface area contributed by atoms with Gasteiger partial charge in [0.05, 0.1) is 5.92 Å². The average Bonchev–Trinajstić information content (AvgIpc) is 2.91. The first-order valence-electron chi connectivity index (χ1n) is 10.6. The number of benzene rings is 2. The number of alkyl halides is 3. The van der Waals surface area contributed by atoms with E-state index in [1.54, 1.807) is 12.1 Å². The number of hydrogen-bond acceptors (Lipinski definition) is 3. The Balaban J connectivity index is 0.00000289. The van der Waals surface area contributed by atoms with Crippen molar-refractivity contribution in [3.63, 3.8) is 0 Å². The summed E-state index contributed by atoms with van der Waals surface area (Å²) in [5, 5.41) is 6.43. The van der Waals surface area contributed by atoms with Gasteiger partial charge < -0.3 is 15.5 Å². The van der Waals surface area contributed by atoms with Crippen molar-refractivity contribution >= 4 is 24.0 Å². The maximum absolute atomic E-state index is 13.9. The molecule has 0 saturated carbocycles. The molecule has 2 aromatic rings. The molecule has 4 rings (SSSR count). The van der Waals surface area contributed by atoms with E-state index in [0.29, 0.717) is 13.1 Å². The first kappa shape index (κ1) is 24.4. The second kappa shape index (κ2) is 8.94. The number of halogens is 4. The molecule has 1 unspecified atom stereocenters. The fourth-order valence-electron chi connectivity index (χ4n) is 4.69. The Hall–Kier alpha value is -2.25. The highest BCUT2D eigenvalue weighted by Gasteiger charge is 2.47. The van der Waals surface area contributed by atoms with Crippen molar-refractivity contribution < 1.29 is 18.0 Å². The summed E-state index contributed by atoms with van der Waals surface area (Å²) in [5.74, 6) is -0.865. The number of fused-ring (bicyclic) bond motifs is 1. The van der Waals surface area contributed by atoms with Crippen LogP contribution in [-0.4, -0.2) is 43.2 Å². The molecule has 1 aliphatic carbocycles. The Bertz CT molecular complexity index is 958. The van der Waals surface area contributed by atoms with Crippen LogP contribution in [0, 0.1) is 5.92 Å². The molecular weight excluding hydrogens is 439 g/mol. The van der Waals surface area contributed by atoms with Gasteiger partial charge >= 0.3 is 6.18 Å². The highest BCUT2D eigenvalue weighted by Crippen LogP contribution is 2.41. The smallest absolute Gasteiger partial charge is 0.381 e. The fourth-order valence-corrected chi connectivity index (χ4v) is 4.69. The summed E-state index contributed by atoms with van der Waals surface area (Å²) in [4.78, 5) is 13.3. The van der Waals surface area contributed by atoms with E-state index in [9.17, 15) is 18.0 Å². The Labute approximate surface area is 193 Å². The SMILES string of the molecule is CN(C(=O)C1CNC1)[C@@H](c1ccc(NC2Cc3ccccc3C2(C)C)cc1)C(F)(F)F.Cl. The number of amides is 1. The lowest BCUT2D eigenvalue weighted by molar-refractivity contribution is -0.191. The lowest BCUT2D eigenvalue weighted by atomic mass is 9.83. The molecule has 2 aromatic carbocycles. The lowest BCUT2D eigenvalue weighted by Crippen LogP contribution is -2.53. The number of carbonyl (C=O) groups excluding carboxylic acids is 1.